The molecule has 1 aromatic carbocycles. The molecule has 16 heavy (non-hydrogen) atoms. The number of halogens is 3. The number of alkyl halides is 2. The van der Waals surface area contributed by atoms with Gasteiger partial charge in [0.25, 0.3) is 5.92 Å². The van der Waals surface area contributed by atoms with E-state index >= 15 is 0 Å². The molecule has 0 aromatic heterocycles. The summed E-state index contributed by atoms with van der Waals surface area (Å²) in [5, 5.41) is 8.63. The van der Waals surface area contributed by atoms with Crippen LogP contribution >= 0.6 is 15.9 Å². The maximum Gasteiger partial charge on any atom is 0.304 e. The zero-order chi connectivity index (χ0) is 12.3. The van der Waals surface area contributed by atoms with E-state index < -0.39 is 24.2 Å². The first-order valence-electron chi connectivity index (χ1n) is 4.66. The lowest BCUT2D eigenvalue weighted by atomic mass is 9.90. The first-order valence-corrected chi connectivity index (χ1v) is 5.45. The first kappa shape index (κ1) is 13.1. The average Bonchev–Trinajstić information content (AvgIpc) is 2.12. The fourth-order valence-corrected chi connectivity index (χ4v) is 1.90. The van der Waals surface area contributed by atoms with Crippen molar-refractivity contribution in [3.05, 3.63) is 34.3 Å². The number of hydrogen-bond acceptors (Lipinski definition) is 1. The zero-order valence-corrected chi connectivity index (χ0v) is 10.2. The third kappa shape index (κ3) is 3.56. The van der Waals surface area contributed by atoms with Crippen molar-refractivity contribution in [2.75, 3.05) is 0 Å². The summed E-state index contributed by atoms with van der Waals surface area (Å²) in [6, 6.07) is 6.34. The Labute approximate surface area is 100 Å². The maximum absolute atomic E-state index is 13.3. The van der Waals surface area contributed by atoms with Gasteiger partial charge in [-0.05, 0) is 24.6 Å². The van der Waals surface area contributed by atoms with Crippen LogP contribution in [0.1, 0.15) is 24.8 Å². The van der Waals surface area contributed by atoms with Crippen LogP contribution in [0, 0.1) is 0 Å². The molecule has 2 nitrogen and oxygen atoms in total. The van der Waals surface area contributed by atoms with E-state index in [1.165, 1.54) is 12.1 Å². The third-order valence-electron chi connectivity index (χ3n) is 2.24. The van der Waals surface area contributed by atoms with Gasteiger partial charge in [0.15, 0.2) is 0 Å². The van der Waals surface area contributed by atoms with Crippen LogP contribution in [0.15, 0.2) is 28.7 Å². The van der Waals surface area contributed by atoms with Crippen molar-refractivity contribution < 1.29 is 18.7 Å². The van der Waals surface area contributed by atoms with Crippen LogP contribution < -0.4 is 0 Å². The summed E-state index contributed by atoms with van der Waals surface area (Å²) < 4.78 is 27.2. The molecule has 0 saturated heterocycles. The molecule has 0 aliphatic carbocycles. The Morgan fingerprint density at radius 3 is 2.62 bits per heavy atom. The van der Waals surface area contributed by atoms with Gasteiger partial charge >= 0.3 is 5.97 Å². The maximum atomic E-state index is 13.3. The fraction of sp³-hybridized carbons (Fsp3) is 0.364. The smallest absolute Gasteiger partial charge is 0.304 e. The predicted molar refractivity (Wildman–Crippen MR) is 59.8 cm³/mol. The van der Waals surface area contributed by atoms with E-state index in [4.69, 9.17) is 5.11 Å². The molecule has 1 unspecified atom stereocenters. The van der Waals surface area contributed by atoms with Crippen LogP contribution in [-0.2, 0) is 4.79 Å². The van der Waals surface area contributed by atoms with Crippen LogP contribution in [0.25, 0.3) is 0 Å². The normalized spacial score (nSPS) is 13.5. The second kappa shape index (κ2) is 4.91. The Morgan fingerprint density at radius 1 is 1.56 bits per heavy atom. The quantitative estimate of drug-likeness (QED) is 0.919. The molecule has 0 bridgehead atoms. The van der Waals surface area contributed by atoms with Crippen molar-refractivity contribution in [2.45, 2.75) is 25.2 Å². The molecule has 5 heteroatoms. The number of aliphatic carboxylic acids is 1. The number of carboxylic acids is 1. The Morgan fingerprint density at radius 2 is 2.19 bits per heavy atom. The van der Waals surface area contributed by atoms with Crippen molar-refractivity contribution in [1.29, 1.82) is 0 Å². The average molecular weight is 293 g/mol. The topological polar surface area (TPSA) is 37.3 Å². The predicted octanol–water partition coefficient (Wildman–Crippen LogP) is 3.66. The fourth-order valence-electron chi connectivity index (χ4n) is 1.49. The molecule has 0 heterocycles. The van der Waals surface area contributed by atoms with Crippen molar-refractivity contribution in [3.63, 3.8) is 0 Å². The number of rotatable bonds is 4. The van der Waals surface area contributed by atoms with Crippen LogP contribution in [0.4, 0.5) is 8.78 Å². The van der Waals surface area contributed by atoms with E-state index in [0.717, 1.165) is 6.92 Å². The van der Waals surface area contributed by atoms with Gasteiger partial charge in [0.05, 0.1) is 12.3 Å². The first-order chi connectivity index (χ1) is 7.30. The minimum Gasteiger partial charge on any atom is -0.481 e. The number of carboxylic acid groups (broad SMARTS) is 1. The van der Waals surface area contributed by atoms with E-state index in [-0.39, 0.29) is 0 Å². The molecule has 0 aliphatic heterocycles. The molecule has 1 aromatic rings. The van der Waals surface area contributed by atoms with E-state index in [2.05, 4.69) is 15.9 Å². The lowest BCUT2D eigenvalue weighted by Gasteiger charge is -2.22. The Hall–Kier alpha value is -0.970. The highest BCUT2D eigenvalue weighted by Crippen LogP contribution is 2.36. The summed E-state index contributed by atoms with van der Waals surface area (Å²) in [4.78, 5) is 10.6. The number of carbonyl (C=O) groups is 1. The number of benzene rings is 1. The van der Waals surface area contributed by atoms with E-state index in [0.29, 0.717) is 10.0 Å². The molecule has 0 saturated carbocycles. The Kier molecular flexibility index (Phi) is 4.02. The van der Waals surface area contributed by atoms with Gasteiger partial charge in [-0.1, -0.05) is 28.1 Å². The SMILES string of the molecule is CC(F)(F)C(CC(=O)O)c1cccc(Br)c1. The molecule has 1 N–H and O–H groups in total. The Balaban J connectivity index is 3.06. The highest BCUT2D eigenvalue weighted by molar-refractivity contribution is 9.10. The lowest BCUT2D eigenvalue weighted by Crippen LogP contribution is -2.24. The molecular formula is C11H11BrF2O2. The third-order valence-corrected chi connectivity index (χ3v) is 2.73. The van der Waals surface area contributed by atoms with E-state index in [1.807, 2.05) is 0 Å². The minimum atomic E-state index is -3.06. The lowest BCUT2D eigenvalue weighted by molar-refractivity contribution is -0.140. The van der Waals surface area contributed by atoms with Crippen LogP contribution in [-0.4, -0.2) is 17.0 Å². The molecule has 0 radical (unpaired) electrons. The van der Waals surface area contributed by atoms with Crippen molar-refractivity contribution in [2.24, 2.45) is 0 Å². The molecule has 0 amide bonds. The molecule has 1 rings (SSSR count). The molecular weight excluding hydrogens is 282 g/mol. The van der Waals surface area contributed by atoms with Crippen molar-refractivity contribution >= 4 is 21.9 Å². The van der Waals surface area contributed by atoms with Gasteiger partial charge < -0.3 is 5.11 Å². The second-order valence-electron chi connectivity index (χ2n) is 3.66. The van der Waals surface area contributed by atoms with Gasteiger partial charge in [0, 0.05) is 4.47 Å². The van der Waals surface area contributed by atoms with Crippen LogP contribution in [0.3, 0.4) is 0 Å². The summed E-state index contributed by atoms with van der Waals surface area (Å²) in [5.74, 6) is -5.59. The van der Waals surface area contributed by atoms with Gasteiger partial charge in [-0.15, -0.1) is 0 Å². The van der Waals surface area contributed by atoms with Gasteiger partial charge in [0.1, 0.15) is 0 Å². The van der Waals surface area contributed by atoms with Crippen LogP contribution in [0.2, 0.25) is 0 Å². The molecule has 88 valence electrons. The summed E-state index contributed by atoms with van der Waals surface area (Å²) in [6.07, 6.45) is -0.583. The largest absolute Gasteiger partial charge is 0.481 e. The van der Waals surface area contributed by atoms with E-state index in [1.54, 1.807) is 12.1 Å². The molecule has 1 atom stereocenters. The molecule has 0 spiro atoms. The Bertz CT molecular complexity index is 388. The van der Waals surface area contributed by atoms with E-state index in [9.17, 15) is 13.6 Å². The standard InChI is InChI=1S/C11H11BrF2O2/c1-11(13,14)9(6-10(15)16)7-3-2-4-8(12)5-7/h2-5,9H,6H2,1H3,(H,15,16). The highest BCUT2D eigenvalue weighted by atomic mass is 79.9. The van der Waals surface area contributed by atoms with Crippen LogP contribution in [0.5, 0.6) is 0 Å². The molecule has 0 fully saturated rings. The summed E-state index contributed by atoms with van der Waals surface area (Å²) in [6.45, 7) is 0.738. The molecule has 0 aliphatic rings. The summed E-state index contributed by atoms with van der Waals surface area (Å²) in [5.41, 5.74) is 0.323. The number of hydrogen-bond donors (Lipinski definition) is 1. The zero-order valence-electron chi connectivity index (χ0n) is 8.58. The minimum absolute atomic E-state index is 0.323. The highest BCUT2D eigenvalue weighted by Gasteiger charge is 2.36. The summed E-state index contributed by atoms with van der Waals surface area (Å²) in [7, 11) is 0. The van der Waals surface area contributed by atoms with Crippen molar-refractivity contribution in [1.82, 2.24) is 0 Å². The van der Waals surface area contributed by atoms with Crippen molar-refractivity contribution in [3.8, 4) is 0 Å². The van der Waals surface area contributed by atoms with Gasteiger partial charge in [0.2, 0.25) is 0 Å². The second-order valence-corrected chi connectivity index (χ2v) is 4.58. The van der Waals surface area contributed by atoms with Gasteiger partial charge in [-0.25, -0.2) is 8.78 Å². The summed E-state index contributed by atoms with van der Waals surface area (Å²) >= 11 is 3.17. The van der Waals surface area contributed by atoms with Gasteiger partial charge in [-0.2, -0.15) is 0 Å². The monoisotopic (exact) mass is 292 g/mol. The van der Waals surface area contributed by atoms with Gasteiger partial charge in [-0.3, -0.25) is 4.79 Å².